The Morgan fingerprint density at radius 3 is 1.10 bits per heavy atom. The van der Waals surface area contributed by atoms with Crippen molar-refractivity contribution in [2.75, 3.05) is 14.1 Å². The summed E-state index contributed by atoms with van der Waals surface area (Å²) in [6.07, 6.45) is 55.0. The first-order valence-electron chi connectivity index (χ1n) is 18.6. The number of nitrogens with zero attached hydrogens (tertiary/aromatic N) is 1. The molecule has 0 saturated heterocycles. The van der Waals surface area contributed by atoms with Crippen LogP contribution in [0.4, 0.5) is 0 Å². The second kappa shape index (κ2) is 34.7. The van der Waals surface area contributed by atoms with Crippen LogP contribution in [0.3, 0.4) is 0 Å². The van der Waals surface area contributed by atoms with E-state index in [0.29, 0.717) is 6.04 Å². The van der Waals surface area contributed by atoms with Gasteiger partial charge in [-0.05, 0) is 44.8 Å². The minimum absolute atomic E-state index is 0. The lowest BCUT2D eigenvalue weighted by Gasteiger charge is -2.30. The average Bonchev–Trinajstić information content (AvgIpc) is 2.96. The molecule has 0 spiro atoms. The normalized spacial score (nSPS) is 13.3. The zero-order valence-corrected chi connectivity index (χ0v) is 30.2. The van der Waals surface area contributed by atoms with Gasteiger partial charge in [0.05, 0.1) is 20.3 Å². The molecule has 0 saturated carbocycles. The van der Waals surface area contributed by atoms with E-state index in [1.165, 1.54) is 167 Å². The Bertz CT molecular complexity index is 630. The van der Waals surface area contributed by atoms with E-state index in [1.807, 2.05) is 0 Å². The van der Waals surface area contributed by atoms with Crippen molar-refractivity contribution >= 4 is 0 Å². The molecule has 1 nitrogen and oxygen atoms in total. The predicted molar refractivity (Wildman–Crippen MR) is 190 cm³/mol. The molecular weight excluding hydrogens is 530 g/mol. The van der Waals surface area contributed by atoms with Gasteiger partial charge in [-0.2, -0.15) is 0 Å². The minimum Gasteiger partial charge on any atom is -1.00 e. The number of quaternary nitrogens is 1. The van der Waals surface area contributed by atoms with Crippen LogP contribution in [0.1, 0.15) is 188 Å². The highest BCUT2D eigenvalue weighted by Crippen LogP contribution is 2.14. The monoisotopic (exact) mass is 606 g/mol. The molecule has 1 atom stereocenters. The SMILES string of the molecule is CCCCCCCCCCCCCCC=CC=CC(C)[N+](C)(C)C=CC=CCCCCCCCCCCCCCC.[Cl-]. The van der Waals surface area contributed by atoms with Gasteiger partial charge < -0.3 is 12.4 Å². The number of halogens is 1. The second-order valence-corrected chi connectivity index (χ2v) is 13.3. The van der Waals surface area contributed by atoms with Gasteiger partial charge >= 0.3 is 0 Å². The Morgan fingerprint density at radius 2 is 0.738 bits per heavy atom. The van der Waals surface area contributed by atoms with E-state index in [4.69, 9.17) is 0 Å². The molecule has 0 bridgehead atoms. The molecule has 0 aliphatic heterocycles. The highest BCUT2D eigenvalue weighted by atomic mass is 35.5. The molecule has 0 rings (SSSR count). The molecule has 0 aromatic carbocycles. The lowest BCUT2D eigenvalue weighted by molar-refractivity contribution is -0.856. The van der Waals surface area contributed by atoms with Gasteiger partial charge in [0, 0.05) is 0 Å². The Kier molecular flexibility index (Phi) is 35.8. The van der Waals surface area contributed by atoms with Crippen molar-refractivity contribution in [3.8, 4) is 0 Å². The third-order valence-electron chi connectivity index (χ3n) is 8.85. The largest absolute Gasteiger partial charge is 1.00 e. The van der Waals surface area contributed by atoms with Gasteiger partial charge in [-0.25, -0.2) is 0 Å². The van der Waals surface area contributed by atoms with Crippen molar-refractivity contribution in [1.82, 2.24) is 0 Å². The average molecular weight is 607 g/mol. The molecule has 0 heterocycles. The van der Waals surface area contributed by atoms with Gasteiger partial charge in [0.2, 0.25) is 0 Å². The summed E-state index contributed by atoms with van der Waals surface area (Å²) in [5, 5.41) is 0. The first-order chi connectivity index (χ1) is 20.0. The third-order valence-corrected chi connectivity index (χ3v) is 8.85. The van der Waals surface area contributed by atoms with Crippen LogP contribution >= 0.6 is 0 Å². The number of rotatable bonds is 31. The summed E-state index contributed by atoms with van der Waals surface area (Å²) < 4.78 is 0.881. The van der Waals surface area contributed by atoms with Crippen LogP contribution in [0.15, 0.2) is 48.7 Å². The minimum atomic E-state index is 0. The highest BCUT2D eigenvalue weighted by molar-refractivity contribution is 5.05. The molecule has 0 aliphatic carbocycles. The molecule has 2 heteroatoms. The summed E-state index contributed by atoms with van der Waals surface area (Å²) in [5.74, 6) is 0. The van der Waals surface area contributed by atoms with Crippen molar-refractivity contribution in [2.24, 2.45) is 0 Å². The molecule has 1 unspecified atom stereocenters. The van der Waals surface area contributed by atoms with Gasteiger partial charge in [0.15, 0.2) is 0 Å². The van der Waals surface area contributed by atoms with E-state index in [9.17, 15) is 0 Å². The lowest BCUT2D eigenvalue weighted by atomic mass is 10.0. The van der Waals surface area contributed by atoms with Gasteiger partial charge in [-0.1, -0.05) is 185 Å². The van der Waals surface area contributed by atoms with Gasteiger partial charge in [-0.15, -0.1) is 0 Å². The molecule has 0 aromatic heterocycles. The van der Waals surface area contributed by atoms with Crippen LogP contribution in [0, 0.1) is 0 Å². The van der Waals surface area contributed by atoms with Crippen molar-refractivity contribution in [3.05, 3.63) is 48.7 Å². The molecule has 248 valence electrons. The lowest BCUT2D eigenvalue weighted by Crippen LogP contribution is -3.00. The maximum atomic E-state index is 2.35. The van der Waals surface area contributed by atoms with Crippen molar-refractivity contribution in [2.45, 2.75) is 194 Å². The van der Waals surface area contributed by atoms with Crippen LogP contribution in [0.25, 0.3) is 0 Å². The molecule has 0 aromatic rings. The molecule has 0 N–H and O–H groups in total. The highest BCUT2D eigenvalue weighted by Gasteiger charge is 2.17. The maximum Gasteiger partial charge on any atom is 0.109 e. The molecular formula is C40H76ClN. The second-order valence-electron chi connectivity index (χ2n) is 13.3. The van der Waals surface area contributed by atoms with Crippen LogP contribution in [-0.2, 0) is 0 Å². The fourth-order valence-electron chi connectivity index (χ4n) is 5.41. The first-order valence-corrected chi connectivity index (χ1v) is 18.6. The topological polar surface area (TPSA) is 0 Å². The zero-order valence-electron chi connectivity index (χ0n) is 29.4. The summed E-state index contributed by atoms with van der Waals surface area (Å²) in [7, 11) is 4.58. The zero-order chi connectivity index (χ0) is 30.1. The van der Waals surface area contributed by atoms with E-state index >= 15 is 0 Å². The number of unbranched alkanes of at least 4 members (excludes halogenated alkanes) is 24. The number of allylic oxidation sites excluding steroid dienone is 6. The number of hydrogen-bond acceptors (Lipinski definition) is 0. The van der Waals surface area contributed by atoms with Crippen molar-refractivity contribution in [1.29, 1.82) is 0 Å². The van der Waals surface area contributed by atoms with E-state index < -0.39 is 0 Å². The quantitative estimate of drug-likeness (QED) is 0.0419. The van der Waals surface area contributed by atoms with Crippen LogP contribution < -0.4 is 12.4 Å². The summed E-state index contributed by atoms with van der Waals surface area (Å²) in [4.78, 5) is 0. The molecule has 0 aliphatic rings. The van der Waals surface area contributed by atoms with E-state index in [0.717, 1.165) is 4.48 Å². The number of hydrogen-bond donors (Lipinski definition) is 0. The summed E-state index contributed by atoms with van der Waals surface area (Å²) in [6, 6.07) is 0.465. The van der Waals surface area contributed by atoms with Crippen molar-refractivity contribution in [3.63, 3.8) is 0 Å². The van der Waals surface area contributed by atoms with Crippen molar-refractivity contribution < 1.29 is 16.9 Å². The number of likely N-dealkylation sites (N-methyl/N-ethyl adjacent to an activating group) is 1. The summed E-state index contributed by atoms with van der Waals surface area (Å²) in [5.41, 5.74) is 0. The molecule has 0 amide bonds. The molecule has 0 fully saturated rings. The summed E-state index contributed by atoms with van der Waals surface area (Å²) >= 11 is 0. The fourth-order valence-corrected chi connectivity index (χ4v) is 5.41. The Hall–Kier alpha value is -0.790. The van der Waals surface area contributed by atoms with Gasteiger partial charge in [0.1, 0.15) is 6.04 Å². The van der Waals surface area contributed by atoms with Crippen LogP contribution in [0.5, 0.6) is 0 Å². The Labute approximate surface area is 272 Å². The first kappa shape index (κ1) is 43.3. The Morgan fingerprint density at radius 1 is 0.429 bits per heavy atom. The smallest absolute Gasteiger partial charge is 0.109 e. The van der Waals surface area contributed by atoms with E-state index in [-0.39, 0.29) is 12.4 Å². The fraction of sp³-hybridized carbons (Fsp3) is 0.800. The van der Waals surface area contributed by atoms with Gasteiger partial charge in [0.25, 0.3) is 0 Å². The van der Waals surface area contributed by atoms with Crippen LogP contribution in [0.2, 0.25) is 0 Å². The molecule has 0 radical (unpaired) electrons. The summed E-state index contributed by atoms with van der Waals surface area (Å²) in [6.45, 7) is 6.91. The molecule has 42 heavy (non-hydrogen) atoms. The van der Waals surface area contributed by atoms with E-state index in [1.54, 1.807) is 0 Å². The standard InChI is InChI=1S/C40H76N.ClH/c1-6-8-10-12-14-16-18-20-22-24-26-28-30-32-34-36-38-40(3)41(4,5)39-37-35-33-31-29-27-25-23-21-19-17-15-13-11-9-7-2;/h32-40H,6-31H2,1-5H3;1H/q+1;/p-1. The van der Waals surface area contributed by atoms with Crippen LogP contribution in [-0.4, -0.2) is 24.6 Å². The third kappa shape index (κ3) is 32.1. The van der Waals surface area contributed by atoms with E-state index in [2.05, 4.69) is 83.6 Å². The Balaban J connectivity index is 0. The maximum absolute atomic E-state index is 2.35. The van der Waals surface area contributed by atoms with Gasteiger partial charge in [-0.3, -0.25) is 4.48 Å². The predicted octanol–water partition coefficient (Wildman–Crippen LogP) is 10.8.